The fourth-order valence-corrected chi connectivity index (χ4v) is 2.05. The quantitative estimate of drug-likeness (QED) is 0.799. The van der Waals surface area contributed by atoms with Crippen LogP contribution in [0.3, 0.4) is 0 Å². The molecule has 0 aromatic carbocycles. The molecule has 0 radical (unpaired) electrons. The topological polar surface area (TPSA) is 55.6 Å². The summed E-state index contributed by atoms with van der Waals surface area (Å²) in [7, 11) is 0. The Balaban J connectivity index is 2.35. The smallest absolute Gasteiger partial charge is 0.393 e. The van der Waals surface area contributed by atoms with Gasteiger partial charge >= 0.3 is 6.18 Å². The number of alkyl halides is 3. The van der Waals surface area contributed by atoms with Gasteiger partial charge in [0.25, 0.3) is 0 Å². The number of ether oxygens (including phenoxy) is 1. The largest absolute Gasteiger partial charge is 0.411 e. The van der Waals surface area contributed by atoms with Crippen molar-refractivity contribution in [2.45, 2.75) is 25.9 Å². The predicted octanol–water partition coefficient (Wildman–Crippen LogP) is 1.48. The summed E-state index contributed by atoms with van der Waals surface area (Å²) in [6.45, 7) is 0.835. The highest BCUT2D eigenvalue weighted by Crippen LogP contribution is 2.31. The zero-order valence-corrected chi connectivity index (χ0v) is 11.4. The first-order chi connectivity index (χ1) is 8.64. The Morgan fingerprint density at radius 3 is 2.37 bits per heavy atom. The van der Waals surface area contributed by atoms with Gasteiger partial charge in [0.15, 0.2) is 0 Å². The number of halogens is 3. The van der Waals surface area contributed by atoms with Crippen molar-refractivity contribution in [1.29, 1.82) is 0 Å². The Labute approximate surface area is 115 Å². The summed E-state index contributed by atoms with van der Waals surface area (Å²) in [5, 5.41) is 0. The molecule has 1 saturated heterocycles. The van der Waals surface area contributed by atoms with Crippen LogP contribution < -0.4 is 5.73 Å². The highest BCUT2D eigenvalue weighted by Gasteiger charge is 2.34. The van der Waals surface area contributed by atoms with Crippen molar-refractivity contribution in [1.82, 2.24) is 4.90 Å². The van der Waals surface area contributed by atoms with E-state index in [1.54, 1.807) is 0 Å². The average Bonchev–Trinajstić information content (AvgIpc) is 2.27. The Hall–Kier alpha value is -0.890. The minimum Gasteiger partial charge on any atom is -0.393 e. The number of carbonyl (C=O) groups is 1. The molecule has 19 heavy (non-hydrogen) atoms. The molecule has 1 heterocycles. The Morgan fingerprint density at radius 2 is 1.95 bits per heavy atom. The fraction of sp³-hybridized carbons (Fsp3) is 0.818. The predicted molar refractivity (Wildman–Crippen MR) is 67.6 cm³/mol. The molecule has 0 atom stereocenters. The van der Waals surface area contributed by atoms with Crippen LogP contribution in [-0.4, -0.2) is 48.3 Å². The van der Waals surface area contributed by atoms with E-state index in [-0.39, 0.29) is 5.41 Å². The van der Waals surface area contributed by atoms with Crippen LogP contribution in [0.25, 0.3) is 0 Å². The standard InChI is InChI=1S/C11H17F3N2O2S/c1-10(9(15)19)2-4-16(5-3-10)8(17)6-18-7-11(12,13)14/h2-7H2,1H3,(H2,15,19). The van der Waals surface area contributed by atoms with Gasteiger partial charge in [-0.1, -0.05) is 19.1 Å². The van der Waals surface area contributed by atoms with Crippen molar-refractivity contribution >= 4 is 23.1 Å². The summed E-state index contributed by atoms with van der Waals surface area (Å²) >= 11 is 4.97. The summed E-state index contributed by atoms with van der Waals surface area (Å²) in [6.07, 6.45) is -3.17. The van der Waals surface area contributed by atoms with Gasteiger partial charge in [0.1, 0.15) is 13.2 Å². The van der Waals surface area contributed by atoms with E-state index in [0.717, 1.165) is 0 Å². The van der Waals surface area contributed by atoms with Gasteiger partial charge in [-0.2, -0.15) is 13.2 Å². The van der Waals surface area contributed by atoms with E-state index < -0.39 is 25.3 Å². The minimum absolute atomic E-state index is 0.279. The van der Waals surface area contributed by atoms with Crippen molar-refractivity contribution in [2.24, 2.45) is 11.1 Å². The summed E-state index contributed by atoms with van der Waals surface area (Å²) < 4.78 is 39.9. The molecule has 0 aromatic rings. The van der Waals surface area contributed by atoms with Gasteiger partial charge in [0.05, 0.1) is 4.99 Å². The van der Waals surface area contributed by atoms with Crippen LogP contribution in [0.2, 0.25) is 0 Å². The van der Waals surface area contributed by atoms with Crippen LogP contribution in [0.15, 0.2) is 0 Å². The Kier molecular flexibility index (Phi) is 5.14. The molecule has 2 N–H and O–H groups in total. The molecule has 1 amide bonds. The number of thiocarbonyl (C=S) groups is 1. The summed E-state index contributed by atoms with van der Waals surface area (Å²) in [5.74, 6) is -0.436. The molecule has 0 bridgehead atoms. The molecule has 0 aromatic heterocycles. The molecule has 1 rings (SSSR count). The van der Waals surface area contributed by atoms with Crippen molar-refractivity contribution in [3.8, 4) is 0 Å². The van der Waals surface area contributed by atoms with Gasteiger partial charge in [-0.25, -0.2) is 0 Å². The summed E-state index contributed by atoms with van der Waals surface area (Å²) in [4.78, 5) is 13.5. The third-order valence-corrected chi connectivity index (χ3v) is 3.80. The highest BCUT2D eigenvalue weighted by atomic mass is 32.1. The third kappa shape index (κ3) is 4.94. The van der Waals surface area contributed by atoms with Crippen molar-refractivity contribution in [3.63, 3.8) is 0 Å². The normalized spacial score (nSPS) is 19.3. The van der Waals surface area contributed by atoms with E-state index >= 15 is 0 Å². The molecule has 0 spiro atoms. The number of likely N-dealkylation sites (tertiary alicyclic amines) is 1. The monoisotopic (exact) mass is 298 g/mol. The van der Waals surface area contributed by atoms with Gasteiger partial charge in [-0.3, -0.25) is 4.79 Å². The lowest BCUT2D eigenvalue weighted by atomic mass is 9.80. The van der Waals surface area contributed by atoms with Gasteiger partial charge in [-0.15, -0.1) is 0 Å². The highest BCUT2D eigenvalue weighted by molar-refractivity contribution is 7.80. The van der Waals surface area contributed by atoms with E-state index in [0.29, 0.717) is 30.9 Å². The lowest BCUT2D eigenvalue weighted by molar-refractivity contribution is -0.178. The van der Waals surface area contributed by atoms with Crippen molar-refractivity contribution in [2.75, 3.05) is 26.3 Å². The molecule has 1 fully saturated rings. The van der Waals surface area contributed by atoms with Gasteiger partial charge in [0, 0.05) is 18.5 Å². The molecular formula is C11H17F3N2O2S. The minimum atomic E-state index is -4.41. The fourth-order valence-electron chi connectivity index (χ4n) is 1.84. The van der Waals surface area contributed by atoms with E-state index in [9.17, 15) is 18.0 Å². The third-order valence-electron chi connectivity index (χ3n) is 3.31. The molecule has 1 aliphatic heterocycles. The molecule has 0 saturated carbocycles. The number of nitrogens with two attached hydrogens (primary N) is 1. The average molecular weight is 298 g/mol. The van der Waals surface area contributed by atoms with E-state index in [4.69, 9.17) is 18.0 Å². The SMILES string of the molecule is CC1(C(N)=S)CCN(C(=O)COCC(F)(F)F)CC1. The Bertz CT molecular complexity index is 352. The lowest BCUT2D eigenvalue weighted by Crippen LogP contribution is -2.47. The molecule has 1 aliphatic rings. The van der Waals surface area contributed by atoms with Crippen LogP contribution >= 0.6 is 12.2 Å². The van der Waals surface area contributed by atoms with Crippen molar-refractivity contribution < 1.29 is 22.7 Å². The number of amides is 1. The number of rotatable bonds is 4. The number of hydrogen-bond donors (Lipinski definition) is 1. The lowest BCUT2D eigenvalue weighted by Gasteiger charge is -2.38. The Morgan fingerprint density at radius 1 is 1.42 bits per heavy atom. The number of hydrogen-bond acceptors (Lipinski definition) is 3. The second kappa shape index (κ2) is 6.04. The maximum Gasteiger partial charge on any atom is 0.411 e. The van der Waals surface area contributed by atoms with E-state index in [1.807, 2.05) is 6.92 Å². The second-order valence-corrected chi connectivity index (χ2v) is 5.35. The summed E-state index contributed by atoms with van der Waals surface area (Å²) in [6, 6.07) is 0. The number of piperidine rings is 1. The zero-order chi connectivity index (χ0) is 14.7. The number of nitrogens with zero attached hydrogens (tertiary/aromatic N) is 1. The summed E-state index contributed by atoms with van der Waals surface area (Å²) in [5.41, 5.74) is 5.35. The second-order valence-electron chi connectivity index (χ2n) is 4.91. The van der Waals surface area contributed by atoms with Gasteiger partial charge in [-0.05, 0) is 12.8 Å². The molecule has 8 heteroatoms. The van der Waals surface area contributed by atoms with Crippen LogP contribution in [0, 0.1) is 5.41 Å². The zero-order valence-electron chi connectivity index (χ0n) is 10.6. The van der Waals surface area contributed by atoms with Crippen LogP contribution in [0.5, 0.6) is 0 Å². The molecular weight excluding hydrogens is 281 g/mol. The molecule has 4 nitrogen and oxygen atoms in total. The first kappa shape index (κ1) is 16.2. The molecule has 110 valence electrons. The van der Waals surface area contributed by atoms with E-state index in [2.05, 4.69) is 4.74 Å². The van der Waals surface area contributed by atoms with Gasteiger partial charge < -0.3 is 15.4 Å². The van der Waals surface area contributed by atoms with Crippen molar-refractivity contribution in [3.05, 3.63) is 0 Å². The maximum atomic E-state index is 11.9. The molecule has 0 aliphatic carbocycles. The van der Waals surface area contributed by atoms with Crippen LogP contribution in [0.1, 0.15) is 19.8 Å². The first-order valence-electron chi connectivity index (χ1n) is 5.86. The molecule has 0 unspecified atom stereocenters. The van der Waals surface area contributed by atoms with Gasteiger partial charge in [0.2, 0.25) is 5.91 Å². The van der Waals surface area contributed by atoms with Crippen LogP contribution in [0.4, 0.5) is 13.2 Å². The maximum absolute atomic E-state index is 11.9. The number of carbonyl (C=O) groups excluding carboxylic acids is 1. The first-order valence-corrected chi connectivity index (χ1v) is 6.27. The van der Waals surface area contributed by atoms with Crippen LogP contribution in [-0.2, 0) is 9.53 Å². The van der Waals surface area contributed by atoms with E-state index in [1.165, 1.54) is 4.90 Å².